The van der Waals surface area contributed by atoms with E-state index in [0.717, 1.165) is 11.3 Å². The van der Waals surface area contributed by atoms with Gasteiger partial charge < -0.3 is 10.6 Å². The van der Waals surface area contributed by atoms with Crippen LogP contribution in [0.3, 0.4) is 0 Å². The lowest BCUT2D eigenvalue weighted by Gasteiger charge is -2.23. The van der Waals surface area contributed by atoms with Gasteiger partial charge in [0, 0.05) is 5.69 Å². The second-order valence-electron chi connectivity index (χ2n) is 5.71. The molecule has 0 aliphatic carbocycles. The molecule has 124 valence electrons. The highest BCUT2D eigenvalue weighted by Crippen LogP contribution is 2.24. The fraction of sp³-hybridized carbons (Fsp3) is 0.471. The third kappa shape index (κ3) is 3.36. The molecule has 0 saturated carbocycles. The van der Waals surface area contributed by atoms with Crippen LogP contribution in [0.4, 0.5) is 10.5 Å². The Bertz CT molecular complexity index is 606. The third-order valence-electron chi connectivity index (χ3n) is 4.40. The van der Waals surface area contributed by atoms with Gasteiger partial charge in [0.05, 0.1) is 0 Å². The Morgan fingerprint density at radius 1 is 1.13 bits per heavy atom. The van der Waals surface area contributed by atoms with E-state index in [-0.39, 0.29) is 18.4 Å². The summed E-state index contributed by atoms with van der Waals surface area (Å²) in [5.74, 6) is -0.718. The summed E-state index contributed by atoms with van der Waals surface area (Å²) < 4.78 is 0. The van der Waals surface area contributed by atoms with Crippen LogP contribution in [0.15, 0.2) is 24.3 Å². The van der Waals surface area contributed by atoms with Crippen molar-refractivity contribution in [3.63, 3.8) is 0 Å². The van der Waals surface area contributed by atoms with Crippen molar-refractivity contribution < 1.29 is 14.4 Å². The maximum Gasteiger partial charge on any atom is 0.325 e. The van der Waals surface area contributed by atoms with Gasteiger partial charge >= 0.3 is 6.03 Å². The van der Waals surface area contributed by atoms with E-state index in [2.05, 4.69) is 17.6 Å². The van der Waals surface area contributed by atoms with Gasteiger partial charge in [-0.15, -0.1) is 0 Å². The maximum atomic E-state index is 12.4. The number of hydrogen-bond donors (Lipinski definition) is 2. The average Bonchev–Trinajstić information content (AvgIpc) is 2.80. The number of imide groups is 1. The SMILES string of the molecule is CCc1ccc(NC(=O)CN2C(=O)NC(CC)(CC)C2=O)cc1. The second kappa shape index (κ2) is 6.81. The van der Waals surface area contributed by atoms with Crippen molar-refractivity contribution in [1.29, 1.82) is 0 Å². The predicted molar refractivity (Wildman–Crippen MR) is 88.0 cm³/mol. The number of amides is 4. The van der Waals surface area contributed by atoms with E-state index in [1.165, 1.54) is 5.56 Å². The molecular formula is C17H23N3O3. The van der Waals surface area contributed by atoms with Crippen LogP contribution in [0.2, 0.25) is 0 Å². The van der Waals surface area contributed by atoms with Crippen LogP contribution >= 0.6 is 0 Å². The highest BCUT2D eigenvalue weighted by atomic mass is 16.2. The monoisotopic (exact) mass is 317 g/mol. The summed E-state index contributed by atoms with van der Waals surface area (Å²) in [7, 11) is 0. The van der Waals surface area contributed by atoms with Crippen LogP contribution in [0, 0.1) is 0 Å². The standard InChI is InChI=1S/C17H23N3O3/c1-4-12-7-9-13(10-8-12)18-14(21)11-20-15(22)17(5-2,6-3)19-16(20)23/h7-10H,4-6,11H2,1-3H3,(H,18,21)(H,19,23). The smallest absolute Gasteiger partial charge is 0.325 e. The lowest BCUT2D eigenvalue weighted by molar-refractivity contribution is -0.134. The van der Waals surface area contributed by atoms with Gasteiger partial charge in [0.25, 0.3) is 5.91 Å². The second-order valence-corrected chi connectivity index (χ2v) is 5.71. The fourth-order valence-corrected chi connectivity index (χ4v) is 2.72. The van der Waals surface area contributed by atoms with Crippen molar-refractivity contribution in [2.24, 2.45) is 0 Å². The van der Waals surface area contributed by atoms with Crippen molar-refractivity contribution in [2.45, 2.75) is 45.6 Å². The molecule has 1 aromatic carbocycles. The van der Waals surface area contributed by atoms with Crippen LogP contribution in [0.5, 0.6) is 0 Å². The minimum absolute atomic E-state index is 0.276. The maximum absolute atomic E-state index is 12.4. The Hall–Kier alpha value is -2.37. The molecular weight excluding hydrogens is 294 g/mol. The lowest BCUT2D eigenvalue weighted by atomic mass is 9.93. The number of carbonyl (C=O) groups is 3. The Balaban J connectivity index is 2.02. The van der Waals surface area contributed by atoms with Gasteiger partial charge in [-0.05, 0) is 37.0 Å². The Kier molecular flexibility index (Phi) is 5.03. The van der Waals surface area contributed by atoms with Crippen LogP contribution < -0.4 is 10.6 Å². The first-order chi connectivity index (χ1) is 11.0. The number of hydrogen-bond acceptors (Lipinski definition) is 3. The van der Waals surface area contributed by atoms with E-state index >= 15 is 0 Å². The van der Waals surface area contributed by atoms with Crippen LogP contribution in [0.1, 0.15) is 39.2 Å². The molecule has 1 aliphatic heterocycles. The number of benzene rings is 1. The topological polar surface area (TPSA) is 78.5 Å². The van der Waals surface area contributed by atoms with Crippen molar-refractivity contribution in [3.05, 3.63) is 29.8 Å². The molecule has 2 rings (SSSR count). The van der Waals surface area contributed by atoms with Gasteiger partial charge in [-0.2, -0.15) is 0 Å². The molecule has 1 saturated heterocycles. The zero-order valence-corrected chi connectivity index (χ0v) is 13.8. The van der Waals surface area contributed by atoms with Crippen LogP contribution in [-0.4, -0.2) is 34.8 Å². The van der Waals surface area contributed by atoms with Crippen molar-refractivity contribution in [1.82, 2.24) is 10.2 Å². The summed E-state index contributed by atoms with van der Waals surface area (Å²) in [6, 6.07) is 6.98. The summed E-state index contributed by atoms with van der Waals surface area (Å²) in [5, 5.41) is 5.42. The number of aryl methyl sites for hydroxylation is 1. The molecule has 1 fully saturated rings. The zero-order valence-electron chi connectivity index (χ0n) is 13.8. The van der Waals surface area contributed by atoms with Gasteiger partial charge in [0.1, 0.15) is 12.1 Å². The minimum atomic E-state index is -0.875. The van der Waals surface area contributed by atoms with Crippen molar-refractivity contribution >= 4 is 23.5 Å². The van der Waals surface area contributed by atoms with Crippen molar-refractivity contribution in [3.8, 4) is 0 Å². The first-order valence-electron chi connectivity index (χ1n) is 7.98. The van der Waals surface area contributed by atoms with E-state index in [0.29, 0.717) is 18.5 Å². The van der Waals surface area contributed by atoms with Crippen molar-refractivity contribution in [2.75, 3.05) is 11.9 Å². The van der Waals surface area contributed by atoms with Gasteiger partial charge in [0.15, 0.2) is 0 Å². The number of anilines is 1. The zero-order chi connectivity index (χ0) is 17.0. The Morgan fingerprint density at radius 2 is 1.74 bits per heavy atom. The van der Waals surface area contributed by atoms with Gasteiger partial charge in [-0.25, -0.2) is 4.79 Å². The first kappa shape index (κ1) is 17.0. The van der Waals surface area contributed by atoms with E-state index in [9.17, 15) is 14.4 Å². The normalized spacial score (nSPS) is 16.4. The van der Waals surface area contributed by atoms with E-state index in [4.69, 9.17) is 0 Å². The predicted octanol–water partition coefficient (Wildman–Crippen LogP) is 2.30. The molecule has 23 heavy (non-hydrogen) atoms. The number of urea groups is 1. The van der Waals surface area contributed by atoms with Crippen LogP contribution in [0.25, 0.3) is 0 Å². The molecule has 4 amide bonds. The molecule has 0 aromatic heterocycles. The molecule has 0 bridgehead atoms. The number of rotatable bonds is 6. The number of nitrogens with zero attached hydrogens (tertiary/aromatic N) is 1. The molecule has 1 aromatic rings. The average molecular weight is 317 g/mol. The fourth-order valence-electron chi connectivity index (χ4n) is 2.72. The minimum Gasteiger partial charge on any atom is -0.325 e. The molecule has 6 heteroatoms. The number of nitrogens with one attached hydrogen (secondary N) is 2. The Labute approximate surface area is 136 Å². The third-order valence-corrected chi connectivity index (χ3v) is 4.40. The summed E-state index contributed by atoms with van der Waals surface area (Å²) in [5.41, 5.74) is 0.949. The molecule has 2 N–H and O–H groups in total. The molecule has 0 unspecified atom stereocenters. The summed E-state index contributed by atoms with van der Waals surface area (Å²) in [6.07, 6.45) is 1.93. The highest BCUT2D eigenvalue weighted by Gasteiger charge is 2.49. The van der Waals surface area contributed by atoms with E-state index in [1.807, 2.05) is 38.1 Å². The highest BCUT2D eigenvalue weighted by molar-refractivity contribution is 6.10. The first-order valence-corrected chi connectivity index (χ1v) is 7.98. The van der Waals surface area contributed by atoms with E-state index < -0.39 is 11.6 Å². The summed E-state index contributed by atoms with van der Waals surface area (Å²) >= 11 is 0. The molecule has 0 radical (unpaired) electrons. The van der Waals surface area contributed by atoms with E-state index in [1.54, 1.807) is 0 Å². The molecule has 6 nitrogen and oxygen atoms in total. The lowest BCUT2D eigenvalue weighted by Crippen LogP contribution is -2.46. The molecule has 0 spiro atoms. The van der Waals surface area contributed by atoms with Crippen LogP contribution in [-0.2, 0) is 16.0 Å². The molecule has 0 atom stereocenters. The molecule has 1 heterocycles. The Morgan fingerprint density at radius 3 is 2.22 bits per heavy atom. The number of carbonyl (C=O) groups excluding carboxylic acids is 3. The quantitative estimate of drug-likeness (QED) is 0.790. The summed E-state index contributed by atoms with van der Waals surface area (Å²) in [6.45, 7) is 5.47. The van der Waals surface area contributed by atoms with Gasteiger partial charge in [-0.1, -0.05) is 32.9 Å². The summed E-state index contributed by atoms with van der Waals surface area (Å²) in [4.78, 5) is 37.5. The molecule has 1 aliphatic rings. The van der Waals surface area contributed by atoms with Gasteiger partial charge in [-0.3, -0.25) is 14.5 Å². The van der Waals surface area contributed by atoms with Gasteiger partial charge in [0.2, 0.25) is 5.91 Å². The largest absolute Gasteiger partial charge is 0.325 e.